The number of benzene rings is 3. The highest BCUT2D eigenvalue weighted by Gasteiger charge is 2.49. The first kappa shape index (κ1) is 15.4. The van der Waals surface area contributed by atoms with E-state index in [0.29, 0.717) is 0 Å². The minimum Gasteiger partial charge on any atom is -0.312 e. The molecule has 0 aliphatic carbocycles. The molecule has 0 radical (unpaired) electrons. The predicted molar refractivity (Wildman–Crippen MR) is 100 cm³/mol. The smallest absolute Gasteiger partial charge is 0.160 e. The molecule has 3 aromatic rings. The van der Waals surface area contributed by atoms with Gasteiger partial charge in [-0.05, 0) is 5.56 Å². The van der Waals surface area contributed by atoms with Crippen molar-refractivity contribution in [1.82, 2.24) is 4.90 Å². The third-order valence-electron chi connectivity index (χ3n) is 4.61. The van der Waals surface area contributed by atoms with Crippen molar-refractivity contribution < 1.29 is 4.57 Å². The molecule has 0 bridgehead atoms. The molecule has 3 heteroatoms. The number of nitrogens with zero attached hydrogens (tertiary/aromatic N) is 1. The highest BCUT2D eigenvalue weighted by molar-refractivity contribution is 7.79. The van der Waals surface area contributed by atoms with Crippen LogP contribution in [0.1, 0.15) is 5.56 Å². The van der Waals surface area contributed by atoms with Crippen LogP contribution < -0.4 is 10.6 Å². The summed E-state index contributed by atoms with van der Waals surface area (Å²) in [5.41, 5.74) is 1.27. The Morgan fingerprint density at radius 3 is 1.71 bits per heavy atom. The Kier molecular flexibility index (Phi) is 4.10. The molecular weight excluding hydrogens is 313 g/mol. The van der Waals surface area contributed by atoms with Crippen LogP contribution >= 0.6 is 7.14 Å². The van der Waals surface area contributed by atoms with Crippen molar-refractivity contribution >= 4 is 17.8 Å². The first-order chi connectivity index (χ1) is 11.8. The van der Waals surface area contributed by atoms with E-state index < -0.39 is 7.14 Å². The van der Waals surface area contributed by atoms with E-state index in [4.69, 9.17) is 0 Å². The lowest BCUT2D eigenvalue weighted by Gasteiger charge is -2.19. The zero-order valence-electron chi connectivity index (χ0n) is 13.5. The molecule has 24 heavy (non-hydrogen) atoms. The van der Waals surface area contributed by atoms with Gasteiger partial charge in [0.1, 0.15) is 0 Å². The molecule has 1 fully saturated rings. The number of hydrogen-bond donors (Lipinski definition) is 0. The van der Waals surface area contributed by atoms with Gasteiger partial charge < -0.3 is 4.57 Å². The van der Waals surface area contributed by atoms with E-state index in [-0.39, 0.29) is 5.78 Å². The quantitative estimate of drug-likeness (QED) is 0.522. The van der Waals surface area contributed by atoms with Gasteiger partial charge in [0.15, 0.2) is 7.14 Å². The summed E-state index contributed by atoms with van der Waals surface area (Å²) in [7, 11) is -2.65. The second kappa shape index (κ2) is 6.39. The van der Waals surface area contributed by atoms with Gasteiger partial charge in [-0.3, -0.25) is 4.90 Å². The SMILES string of the molecule is O=P(c1ccccc1)(c1ccccc1)C1CN1Cc1ccccc1. The summed E-state index contributed by atoms with van der Waals surface area (Å²) in [4.78, 5) is 2.32. The minimum atomic E-state index is -2.65. The molecule has 1 heterocycles. The normalized spacial score (nSPS) is 19.8. The Hall–Kier alpha value is -2.15. The van der Waals surface area contributed by atoms with Gasteiger partial charge in [0.05, 0.1) is 5.78 Å². The molecule has 120 valence electrons. The van der Waals surface area contributed by atoms with Crippen molar-refractivity contribution in [2.75, 3.05) is 6.54 Å². The molecule has 4 rings (SSSR count). The summed E-state index contributed by atoms with van der Waals surface area (Å²) in [5.74, 6) is 0.0995. The average molecular weight is 333 g/mol. The van der Waals surface area contributed by atoms with Crippen LogP contribution in [0.3, 0.4) is 0 Å². The maximum atomic E-state index is 14.1. The molecular formula is C21H20NOP. The van der Waals surface area contributed by atoms with Crippen molar-refractivity contribution in [2.24, 2.45) is 0 Å². The summed E-state index contributed by atoms with van der Waals surface area (Å²) in [6.45, 7) is 1.74. The Balaban J connectivity index is 1.67. The van der Waals surface area contributed by atoms with Gasteiger partial charge in [-0.15, -0.1) is 0 Å². The van der Waals surface area contributed by atoms with Crippen LogP contribution in [0.2, 0.25) is 0 Å². The Morgan fingerprint density at radius 1 is 0.750 bits per heavy atom. The van der Waals surface area contributed by atoms with E-state index in [2.05, 4.69) is 29.2 Å². The monoisotopic (exact) mass is 333 g/mol. The van der Waals surface area contributed by atoms with E-state index in [0.717, 1.165) is 23.7 Å². The van der Waals surface area contributed by atoms with Gasteiger partial charge in [0.2, 0.25) is 0 Å². The largest absolute Gasteiger partial charge is 0.312 e. The van der Waals surface area contributed by atoms with Crippen molar-refractivity contribution in [3.8, 4) is 0 Å². The van der Waals surface area contributed by atoms with E-state index >= 15 is 0 Å². The van der Waals surface area contributed by atoms with Crippen LogP contribution in [-0.4, -0.2) is 17.2 Å². The first-order valence-corrected chi connectivity index (χ1v) is 10.0. The summed E-state index contributed by atoms with van der Waals surface area (Å²) in [5, 5.41) is 1.91. The van der Waals surface area contributed by atoms with Gasteiger partial charge in [0, 0.05) is 23.7 Å². The van der Waals surface area contributed by atoms with Crippen LogP contribution in [0.5, 0.6) is 0 Å². The third kappa shape index (κ3) is 2.84. The van der Waals surface area contributed by atoms with Crippen molar-refractivity contribution in [1.29, 1.82) is 0 Å². The summed E-state index contributed by atoms with van der Waals surface area (Å²) >= 11 is 0. The Labute approximate surface area is 143 Å². The van der Waals surface area contributed by atoms with E-state index in [1.54, 1.807) is 0 Å². The van der Waals surface area contributed by atoms with Gasteiger partial charge in [-0.1, -0.05) is 91.0 Å². The van der Waals surface area contributed by atoms with Crippen molar-refractivity contribution in [3.63, 3.8) is 0 Å². The van der Waals surface area contributed by atoms with Crippen molar-refractivity contribution in [2.45, 2.75) is 12.3 Å². The minimum absolute atomic E-state index is 0.0995. The summed E-state index contributed by atoms with van der Waals surface area (Å²) in [6, 6.07) is 30.3. The van der Waals surface area contributed by atoms with E-state index in [1.807, 2.05) is 66.7 Å². The van der Waals surface area contributed by atoms with Crippen LogP contribution in [0, 0.1) is 0 Å². The molecule has 2 nitrogen and oxygen atoms in total. The van der Waals surface area contributed by atoms with E-state index in [1.165, 1.54) is 5.56 Å². The van der Waals surface area contributed by atoms with Crippen molar-refractivity contribution in [3.05, 3.63) is 96.6 Å². The molecule has 2 unspecified atom stereocenters. The topological polar surface area (TPSA) is 20.1 Å². The highest BCUT2D eigenvalue weighted by Crippen LogP contribution is 2.56. The first-order valence-electron chi connectivity index (χ1n) is 8.27. The second-order valence-electron chi connectivity index (χ2n) is 6.22. The molecule has 0 N–H and O–H groups in total. The fraction of sp³-hybridized carbons (Fsp3) is 0.143. The lowest BCUT2D eigenvalue weighted by molar-refractivity contribution is 0.527. The van der Waals surface area contributed by atoms with Crippen LogP contribution in [0.25, 0.3) is 0 Å². The van der Waals surface area contributed by atoms with E-state index in [9.17, 15) is 4.57 Å². The van der Waals surface area contributed by atoms with Gasteiger partial charge in [0.25, 0.3) is 0 Å². The predicted octanol–water partition coefficient (Wildman–Crippen LogP) is 3.84. The standard InChI is InChI=1S/C21H20NOP/c23-24(19-12-6-2-7-13-19,20-14-8-3-9-15-20)21-17-22(21)16-18-10-4-1-5-11-18/h1-15,21H,16-17H2. The lowest BCUT2D eigenvalue weighted by Crippen LogP contribution is -2.21. The fourth-order valence-corrected chi connectivity index (χ4v) is 6.49. The second-order valence-corrected chi connectivity index (χ2v) is 9.17. The molecule has 1 aliphatic heterocycles. The molecule has 2 atom stereocenters. The lowest BCUT2D eigenvalue weighted by atomic mass is 10.2. The van der Waals surface area contributed by atoms with Crippen LogP contribution in [0.15, 0.2) is 91.0 Å². The molecule has 0 aromatic heterocycles. The van der Waals surface area contributed by atoms with Gasteiger partial charge >= 0.3 is 0 Å². The maximum Gasteiger partial charge on any atom is 0.160 e. The molecule has 0 amide bonds. The molecule has 1 aliphatic rings. The van der Waals surface area contributed by atoms with Gasteiger partial charge in [-0.2, -0.15) is 0 Å². The van der Waals surface area contributed by atoms with Crippen LogP contribution in [0.4, 0.5) is 0 Å². The van der Waals surface area contributed by atoms with Gasteiger partial charge in [-0.25, -0.2) is 0 Å². The van der Waals surface area contributed by atoms with Crippen LogP contribution in [-0.2, 0) is 11.1 Å². The molecule has 3 aromatic carbocycles. The Morgan fingerprint density at radius 2 is 1.21 bits per heavy atom. The zero-order valence-corrected chi connectivity index (χ0v) is 14.3. The Bertz CT molecular complexity index is 805. The molecule has 1 saturated heterocycles. The summed E-state index contributed by atoms with van der Waals surface area (Å²) in [6.07, 6.45) is 0. The maximum absolute atomic E-state index is 14.1. The summed E-state index contributed by atoms with van der Waals surface area (Å²) < 4.78 is 14.1. The zero-order chi connectivity index (χ0) is 16.4. The number of rotatable bonds is 5. The molecule has 0 saturated carbocycles. The number of hydrogen-bond acceptors (Lipinski definition) is 2. The average Bonchev–Trinajstić information content (AvgIpc) is 3.43. The molecule has 0 spiro atoms. The fourth-order valence-electron chi connectivity index (χ4n) is 3.29. The third-order valence-corrected chi connectivity index (χ3v) is 8.07. The highest BCUT2D eigenvalue weighted by atomic mass is 31.2.